The van der Waals surface area contributed by atoms with Gasteiger partial charge in [-0.15, -0.1) is 0 Å². The lowest BCUT2D eigenvalue weighted by atomic mass is 9.80. The van der Waals surface area contributed by atoms with Gasteiger partial charge in [-0.05, 0) is 67.2 Å². The molecule has 0 saturated carbocycles. The third kappa shape index (κ3) is 3.84. The number of nitriles is 1. The number of aryl methyl sites for hydroxylation is 1. The first-order valence-electron chi connectivity index (χ1n) is 11.1. The second-order valence-corrected chi connectivity index (χ2v) is 10.3. The van der Waals surface area contributed by atoms with Gasteiger partial charge < -0.3 is 9.80 Å². The fourth-order valence-corrected chi connectivity index (χ4v) is 6.02. The first-order valence-corrected chi connectivity index (χ1v) is 12.3. The standard InChI is InChI=1S/C27H22Cl2N4OS/c1-17-3-9-22(10-4-17)32-15-24(19-7-5-18(14-30)6-8-19)27(16-32)25(34)33(26(35)31(27)2)23-12-20(28)11-21(29)13-23/h3-13,24H,15-16H2,1-2H3/t24-,27+/m0/s1. The first-order chi connectivity index (χ1) is 16.7. The maximum absolute atomic E-state index is 14.3. The van der Waals surface area contributed by atoms with Gasteiger partial charge in [-0.25, -0.2) is 0 Å². The molecule has 0 bridgehead atoms. The van der Waals surface area contributed by atoms with Crippen LogP contribution in [0.2, 0.25) is 10.0 Å². The SMILES string of the molecule is Cc1ccc(N2C[C@@H](c3ccc(C#N)cc3)[C@]3(C2)C(=O)N(c2cc(Cl)cc(Cl)c2)C(=S)N3C)cc1. The van der Waals surface area contributed by atoms with Crippen LogP contribution >= 0.6 is 35.4 Å². The number of nitrogens with zero attached hydrogens (tertiary/aromatic N) is 4. The Balaban J connectivity index is 1.63. The molecule has 2 aliphatic heterocycles. The van der Waals surface area contributed by atoms with E-state index in [1.165, 1.54) is 5.56 Å². The Kier molecular flexibility index (Phi) is 5.96. The van der Waals surface area contributed by atoms with Gasteiger partial charge in [0, 0.05) is 35.2 Å². The minimum Gasteiger partial charge on any atom is -0.368 e. The van der Waals surface area contributed by atoms with Gasteiger partial charge in [0.2, 0.25) is 0 Å². The van der Waals surface area contributed by atoms with Gasteiger partial charge in [0.05, 0.1) is 23.9 Å². The summed E-state index contributed by atoms with van der Waals surface area (Å²) in [6.07, 6.45) is 0. The number of carbonyl (C=O) groups excluding carboxylic acids is 1. The molecule has 2 saturated heterocycles. The van der Waals surface area contributed by atoms with Crippen LogP contribution in [0.4, 0.5) is 11.4 Å². The van der Waals surface area contributed by atoms with Crippen LogP contribution in [0.25, 0.3) is 0 Å². The maximum Gasteiger partial charge on any atom is 0.261 e. The van der Waals surface area contributed by atoms with E-state index in [4.69, 9.17) is 35.4 Å². The summed E-state index contributed by atoms with van der Waals surface area (Å²) in [5, 5.41) is 10.5. The van der Waals surface area contributed by atoms with E-state index in [2.05, 4.69) is 42.2 Å². The highest BCUT2D eigenvalue weighted by atomic mass is 35.5. The normalized spacial score (nSPS) is 21.8. The average molecular weight is 521 g/mol. The molecule has 176 valence electrons. The Labute approximate surface area is 220 Å². The van der Waals surface area contributed by atoms with Crippen LogP contribution in [0.3, 0.4) is 0 Å². The molecule has 0 aromatic heterocycles. The lowest BCUT2D eigenvalue weighted by Crippen LogP contribution is -2.53. The maximum atomic E-state index is 14.3. The number of rotatable bonds is 3. The minimum absolute atomic E-state index is 0.118. The van der Waals surface area contributed by atoms with Gasteiger partial charge in [-0.1, -0.05) is 53.0 Å². The van der Waals surface area contributed by atoms with Crippen LogP contribution in [0.5, 0.6) is 0 Å². The van der Waals surface area contributed by atoms with Gasteiger partial charge >= 0.3 is 0 Å². The second-order valence-electron chi connectivity index (χ2n) is 9.04. The quantitative estimate of drug-likeness (QED) is 0.409. The molecule has 0 radical (unpaired) electrons. The highest BCUT2D eigenvalue weighted by Crippen LogP contribution is 2.47. The third-order valence-electron chi connectivity index (χ3n) is 7.01. The molecule has 2 atom stereocenters. The van der Waals surface area contributed by atoms with Gasteiger partial charge in [-0.3, -0.25) is 9.69 Å². The Morgan fingerprint density at radius 1 is 1.00 bits per heavy atom. The summed E-state index contributed by atoms with van der Waals surface area (Å²) < 4.78 is 0. The number of hydrogen-bond donors (Lipinski definition) is 0. The van der Waals surface area contributed by atoms with Crippen molar-refractivity contribution in [1.82, 2.24) is 4.90 Å². The van der Waals surface area contributed by atoms with Gasteiger partial charge in [0.1, 0.15) is 5.54 Å². The summed E-state index contributed by atoms with van der Waals surface area (Å²) in [5.74, 6) is -0.307. The summed E-state index contributed by atoms with van der Waals surface area (Å²) in [6, 6.07) is 23.0. The number of hydrogen-bond acceptors (Lipinski definition) is 4. The summed E-state index contributed by atoms with van der Waals surface area (Å²) in [4.78, 5) is 20.0. The summed E-state index contributed by atoms with van der Waals surface area (Å²) in [7, 11) is 1.88. The summed E-state index contributed by atoms with van der Waals surface area (Å²) in [6.45, 7) is 3.13. The van der Waals surface area contributed by atoms with E-state index in [-0.39, 0.29) is 11.8 Å². The molecule has 0 unspecified atom stereocenters. The third-order valence-corrected chi connectivity index (χ3v) is 7.90. The van der Waals surface area contributed by atoms with Crippen LogP contribution in [0.1, 0.15) is 22.6 Å². The number of anilines is 2. The van der Waals surface area contributed by atoms with Crippen LogP contribution in [-0.2, 0) is 4.79 Å². The zero-order valence-electron chi connectivity index (χ0n) is 19.2. The van der Waals surface area contributed by atoms with E-state index in [1.54, 1.807) is 35.2 Å². The highest BCUT2D eigenvalue weighted by Gasteiger charge is 2.63. The van der Waals surface area contributed by atoms with Crippen molar-refractivity contribution in [2.45, 2.75) is 18.4 Å². The molecule has 35 heavy (non-hydrogen) atoms. The summed E-state index contributed by atoms with van der Waals surface area (Å²) >= 11 is 18.3. The Morgan fingerprint density at radius 3 is 2.23 bits per heavy atom. The van der Waals surface area contributed by atoms with Gasteiger partial charge in [-0.2, -0.15) is 5.26 Å². The molecule has 2 fully saturated rings. The number of carbonyl (C=O) groups is 1. The van der Waals surface area contributed by atoms with Crippen molar-refractivity contribution in [1.29, 1.82) is 5.26 Å². The highest BCUT2D eigenvalue weighted by molar-refractivity contribution is 7.80. The molecule has 3 aromatic carbocycles. The molecule has 2 aliphatic rings. The summed E-state index contributed by atoms with van der Waals surface area (Å²) in [5.41, 5.74) is 3.38. The molecule has 5 nitrogen and oxygen atoms in total. The van der Waals surface area contributed by atoms with E-state index in [1.807, 2.05) is 24.1 Å². The second kappa shape index (κ2) is 8.83. The topological polar surface area (TPSA) is 50.6 Å². The number of benzene rings is 3. The molecule has 1 spiro atoms. The fourth-order valence-electron chi connectivity index (χ4n) is 5.16. The van der Waals surface area contributed by atoms with Gasteiger partial charge in [0.15, 0.2) is 5.11 Å². The van der Waals surface area contributed by atoms with Crippen LogP contribution in [-0.4, -0.2) is 41.6 Å². The van der Waals surface area contributed by atoms with E-state index < -0.39 is 5.54 Å². The molecule has 3 aromatic rings. The monoisotopic (exact) mass is 520 g/mol. The molecule has 2 heterocycles. The lowest BCUT2D eigenvalue weighted by Gasteiger charge is -2.34. The predicted octanol–water partition coefficient (Wildman–Crippen LogP) is 5.78. The van der Waals surface area contributed by atoms with Gasteiger partial charge in [0.25, 0.3) is 5.91 Å². The van der Waals surface area contributed by atoms with Crippen LogP contribution in [0, 0.1) is 18.3 Å². The number of thiocarbonyl (C=S) groups is 1. The Hall–Kier alpha value is -3.11. The van der Waals surface area contributed by atoms with Crippen molar-refractivity contribution < 1.29 is 4.79 Å². The molecule has 8 heteroatoms. The zero-order chi connectivity index (χ0) is 24.9. The average Bonchev–Trinajstić information content (AvgIpc) is 3.32. The van der Waals surface area contributed by atoms with E-state index in [0.717, 1.165) is 11.3 Å². The first kappa shape index (κ1) is 23.6. The molecular formula is C27H22Cl2N4OS. The van der Waals surface area contributed by atoms with E-state index in [9.17, 15) is 10.1 Å². The molecule has 0 N–H and O–H groups in total. The number of amides is 1. The largest absolute Gasteiger partial charge is 0.368 e. The van der Waals surface area contributed by atoms with Crippen molar-refractivity contribution in [2.24, 2.45) is 0 Å². The minimum atomic E-state index is -0.940. The van der Waals surface area contributed by atoms with Crippen molar-refractivity contribution >= 4 is 57.8 Å². The van der Waals surface area contributed by atoms with Crippen molar-refractivity contribution in [3.8, 4) is 6.07 Å². The fraction of sp³-hybridized carbons (Fsp3) is 0.222. The van der Waals surface area contributed by atoms with Crippen molar-refractivity contribution in [3.05, 3.63) is 93.5 Å². The molecule has 0 aliphatic carbocycles. The number of likely N-dealkylation sites (N-methyl/N-ethyl adjacent to an activating group) is 1. The van der Waals surface area contributed by atoms with Crippen molar-refractivity contribution in [3.63, 3.8) is 0 Å². The zero-order valence-corrected chi connectivity index (χ0v) is 21.5. The van der Waals surface area contributed by atoms with E-state index >= 15 is 0 Å². The van der Waals surface area contributed by atoms with Crippen molar-refractivity contribution in [2.75, 3.05) is 29.9 Å². The van der Waals surface area contributed by atoms with Crippen LogP contribution < -0.4 is 9.80 Å². The smallest absolute Gasteiger partial charge is 0.261 e. The molecule has 1 amide bonds. The number of halogens is 2. The predicted molar refractivity (Wildman–Crippen MR) is 144 cm³/mol. The lowest BCUT2D eigenvalue weighted by molar-refractivity contribution is -0.124. The van der Waals surface area contributed by atoms with E-state index in [0.29, 0.717) is 39.5 Å². The molecule has 5 rings (SSSR count). The Morgan fingerprint density at radius 2 is 1.63 bits per heavy atom. The molecular weight excluding hydrogens is 499 g/mol. The van der Waals surface area contributed by atoms with Crippen LogP contribution in [0.15, 0.2) is 66.7 Å². The Bertz CT molecular complexity index is 1350.